The van der Waals surface area contributed by atoms with Gasteiger partial charge in [0.1, 0.15) is 0 Å². The van der Waals surface area contributed by atoms with Crippen LogP contribution in [0.25, 0.3) is 0 Å². The van der Waals surface area contributed by atoms with Crippen LogP contribution in [0.1, 0.15) is 48.1 Å². The second kappa shape index (κ2) is 4.58. The Bertz CT molecular complexity index is 358. The monoisotopic (exact) mass is 217 g/mol. The Hall–Kier alpha value is -0.820. The van der Waals surface area contributed by atoms with E-state index in [0.29, 0.717) is 6.04 Å². The Balaban J connectivity index is 2.39. The lowest BCUT2D eigenvalue weighted by Gasteiger charge is -2.23. The standard InChI is InChI=1S/C15H23N/c1-5-13-6-7-16-15(13)14-11(3)8-10(2)9-12(14)4/h8-9,13,15-16H,5-7H2,1-4H3. The fourth-order valence-corrected chi connectivity index (χ4v) is 3.22. The van der Waals surface area contributed by atoms with E-state index in [0.717, 1.165) is 5.92 Å². The van der Waals surface area contributed by atoms with Crippen molar-refractivity contribution in [2.45, 2.75) is 46.6 Å². The van der Waals surface area contributed by atoms with E-state index >= 15 is 0 Å². The van der Waals surface area contributed by atoms with Crippen molar-refractivity contribution < 1.29 is 0 Å². The molecule has 1 nitrogen and oxygen atoms in total. The molecule has 88 valence electrons. The Morgan fingerprint density at radius 1 is 1.19 bits per heavy atom. The third-order valence-corrected chi connectivity index (χ3v) is 3.92. The number of benzene rings is 1. The van der Waals surface area contributed by atoms with E-state index in [2.05, 4.69) is 45.1 Å². The maximum absolute atomic E-state index is 3.68. The van der Waals surface area contributed by atoms with Gasteiger partial charge >= 0.3 is 0 Å². The van der Waals surface area contributed by atoms with Gasteiger partial charge < -0.3 is 5.32 Å². The highest BCUT2D eigenvalue weighted by atomic mass is 15.0. The summed E-state index contributed by atoms with van der Waals surface area (Å²) in [4.78, 5) is 0. The maximum atomic E-state index is 3.68. The minimum absolute atomic E-state index is 0.589. The number of hydrogen-bond acceptors (Lipinski definition) is 1. The first-order valence-electron chi connectivity index (χ1n) is 6.44. The van der Waals surface area contributed by atoms with E-state index in [4.69, 9.17) is 0 Å². The first-order chi connectivity index (χ1) is 7.63. The summed E-state index contributed by atoms with van der Waals surface area (Å²) in [5.74, 6) is 0.820. The Labute approximate surface area is 99.3 Å². The van der Waals surface area contributed by atoms with E-state index in [9.17, 15) is 0 Å². The van der Waals surface area contributed by atoms with Crippen LogP contribution in [0.5, 0.6) is 0 Å². The van der Waals surface area contributed by atoms with E-state index in [-0.39, 0.29) is 0 Å². The molecule has 1 N–H and O–H groups in total. The number of hydrogen-bond donors (Lipinski definition) is 1. The highest BCUT2D eigenvalue weighted by molar-refractivity contribution is 5.40. The molecule has 0 bridgehead atoms. The average molecular weight is 217 g/mol. The highest BCUT2D eigenvalue weighted by Crippen LogP contribution is 2.35. The molecule has 1 aromatic carbocycles. The smallest absolute Gasteiger partial charge is 0.0354 e. The summed E-state index contributed by atoms with van der Waals surface area (Å²) in [5, 5.41) is 3.68. The first-order valence-corrected chi connectivity index (χ1v) is 6.44. The fraction of sp³-hybridized carbons (Fsp3) is 0.600. The van der Waals surface area contributed by atoms with Gasteiger partial charge in [0.2, 0.25) is 0 Å². The van der Waals surface area contributed by atoms with Crippen molar-refractivity contribution in [3.63, 3.8) is 0 Å². The van der Waals surface area contributed by atoms with Crippen LogP contribution in [0.4, 0.5) is 0 Å². The molecule has 0 saturated carbocycles. The van der Waals surface area contributed by atoms with Gasteiger partial charge in [0.15, 0.2) is 0 Å². The molecular weight excluding hydrogens is 194 g/mol. The van der Waals surface area contributed by atoms with Crippen molar-refractivity contribution in [2.75, 3.05) is 6.54 Å². The predicted octanol–water partition coefficient (Wildman–Crippen LogP) is 3.67. The zero-order valence-electron chi connectivity index (χ0n) is 10.9. The summed E-state index contributed by atoms with van der Waals surface area (Å²) in [6, 6.07) is 5.22. The van der Waals surface area contributed by atoms with Crippen LogP contribution in [-0.4, -0.2) is 6.54 Å². The predicted molar refractivity (Wildman–Crippen MR) is 69.8 cm³/mol. The number of aryl methyl sites for hydroxylation is 3. The zero-order chi connectivity index (χ0) is 11.7. The molecule has 0 radical (unpaired) electrons. The van der Waals surface area contributed by atoms with Crippen LogP contribution < -0.4 is 5.32 Å². The molecule has 1 aliphatic rings. The maximum Gasteiger partial charge on any atom is 0.0354 e. The average Bonchev–Trinajstić information content (AvgIpc) is 2.64. The van der Waals surface area contributed by atoms with E-state index in [1.54, 1.807) is 5.56 Å². The molecular formula is C15H23N. The SMILES string of the molecule is CCC1CCNC1c1c(C)cc(C)cc1C. The van der Waals surface area contributed by atoms with Crippen LogP contribution >= 0.6 is 0 Å². The topological polar surface area (TPSA) is 12.0 Å². The molecule has 2 atom stereocenters. The normalized spacial score (nSPS) is 25.0. The molecule has 1 aromatic rings. The number of rotatable bonds is 2. The first kappa shape index (κ1) is 11.7. The van der Waals surface area contributed by atoms with Gasteiger partial charge in [0.05, 0.1) is 0 Å². The summed E-state index contributed by atoms with van der Waals surface area (Å²) < 4.78 is 0. The van der Waals surface area contributed by atoms with Gasteiger partial charge in [-0.2, -0.15) is 0 Å². The van der Waals surface area contributed by atoms with Crippen molar-refractivity contribution in [3.8, 4) is 0 Å². The van der Waals surface area contributed by atoms with Gasteiger partial charge in [-0.05, 0) is 56.3 Å². The van der Waals surface area contributed by atoms with E-state index in [1.165, 1.54) is 36.1 Å². The lowest BCUT2D eigenvalue weighted by atomic mass is 9.86. The minimum Gasteiger partial charge on any atom is -0.310 e. The van der Waals surface area contributed by atoms with Gasteiger partial charge in [-0.1, -0.05) is 31.0 Å². The molecule has 0 aromatic heterocycles. The molecule has 0 spiro atoms. The summed E-state index contributed by atoms with van der Waals surface area (Å²) in [6.07, 6.45) is 2.61. The Morgan fingerprint density at radius 2 is 1.81 bits per heavy atom. The van der Waals surface area contributed by atoms with Crippen molar-refractivity contribution in [1.82, 2.24) is 5.32 Å². The van der Waals surface area contributed by atoms with Crippen molar-refractivity contribution in [3.05, 3.63) is 34.4 Å². The second-order valence-corrected chi connectivity index (χ2v) is 5.20. The van der Waals surface area contributed by atoms with Crippen LogP contribution in [0.15, 0.2) is 12.1 Å². The van der Waals surface area contributed by atoms with Crippen molar-refractivity contribution in [1.29, 1.82) is 0 Å². The van der Waals surface area contributed by atoms with Gasteiger partial charge in [-0.15, -0.1) is 0 Å². The largest absolute Gasteiger partial charge is 0.310 e. The quantitative estimate of drug-likeness (QED) is 0.797. The van der Waals surface area contributed by atoms with Gasteiger partial charge in [0, 0.05) is 6.04 Å². The Kier molecular flexibility index (Phi) is 3.34. The lowest BCUT2D eigenvalue weighted by Crippen LogP contribution is -2.20. The van der Waals surface area contributed by atoms with Crippen molar-refractivity contribution in [2.24, 2.45) is 5.92 Å². The van der Waals surface area contributed by atoms with E-state index in [1.807, 2.05) is 0 Å². The third-order valence-electron chi connectivity index (χ3n) is 3.92. The Morgan fingerprint density at radius 3 is 2.38 bits per heavy atom. The highest BCUT2D eigenvalue weighted by Gasteiger charge is 2.28. The van der Waals surface area contributed by atoms with E-state index < -0.39 is 0 Å². The van der Waals surface area contributed by atoms with Crippen LogP contribution in [0, 0.1) is 26.7 Å². The minimum atomic E-state index is 0.589. The molecule has 16 heavy (non-hydrogen) atoms. The van der Waals surface area contributed by atoms with Gasteiger partial charge in [-0.3, -0.25) is 0 Å². The van der Waals surface area contributed by atoms with Crippen molar-refractivity contribution >= 4 is 0 Å². The summed E-state index contributed by atoms with van der Waals surface area (Å²) >= 11 is 0. The summed E-state index contributed by atoms with van der Waals surface area (Å²) in [7, 11) is 0. The molecule has 2 unspecified atom stereocenters. The summed E-state index contributed by atoms with van der Waals surface area (Å²) in [6.45, 7) is 10.2. The molecule has 1 heteroatoms. The molecule has 1 heterocycles. The van der Waals surface area contributed by atoms with Gasteiger partial charge in [0.25, 0.3) is 0 Å². The molecule has 0 amide bonds. The van der Waals surface area contributed by atoms with Crippen LogP contribution in [0.3, 0.4) is 0 Å². The number of nitrogens with one attached hydrogen (secondary N) is 1. The third kappa shape index (κ3) is 2.01. The molecule has 1 saturated heterocycles. The molecule has 0 aliphatic carbocycles. The fourth-order valence-electron chi connectivity index (χ4n) is 3.22. The lowest BCUT2D eigenvalue weighted by molar-refractivity contribution is 0.446. The zero-order valence-corrected chi connectivity index (χ0v) is 10.9. The van der Waals surface area contributed by atoms with Gasteiger partial charge in [-0.25, -0.2) is 0 Å². The molecule has 2 rings (SSSR count). The summed E-state index contributed by atoms with van der Waals surface area (Å²) in [5.41, 5.74) is 5.84. The second-order valence-electron chi connectivity index (χ2n) is 5.20. The van der Waals surface area contributed by atoms with Crippen LogP contribution in [0.2, 0.25) is 0 Å². The molecule has 1 aliphatic heterocycles. The van der Waals surface area contributed by atoms with Crippen LogP contribution in [-0.2, 0) is 0 Å². The molecule has 1 fully saturated rings.